The van der Waals surface area contributed by atoms with Gasteiger partial charge in [0, 0.05) is 12.2 Å². The lowest BCUT2D eigenvalue weighted by Crippen LogP contribution is -2.24. The quantitative estimate of drug-likeness (QED) is 0.635. The van der Waals surface area contributed by atoms with Crippen LogP contribution in [-0.2, 0) is 6.42 Å². The number of nitrogens with zero attached hydrogens (tertiary/aromatic N) is 1. The maximum absolute atomic E-state index is 6.01. The standard InChI is InChI=1S/C19H23N3O/c1-23-17-9-7-16(8-10-17)22-18(20)21-14-19(11-12-19)13-15-5-3-2-4-6-15/h2-10H,11-14H2,1H3,(H3,20,21,22). The smallest absolute Gasteiger partial charge is 0.193 e. The SMILES string of the molecule is COc1ccc(NC(N)=NCC2(Cc3ccccc3)CC2)cc1. The molecule has 1 aliphatic carbocycles. The first kappa shape index (κ1) is 15.4. The molecule has 0 radical (unpaired) electrons. The zero-order chi connectivity index (χ0) is 16.1. The fraction of sp³-hybridized carbons (Fsp3) is 0.316. The van der Waals surface area contributed by atoms with Crippen molar-refractivity contribution >= 4 is 11.6 Å². The van der Waals surface area contributed by atoms with Gasteiger partial charge in [-0.3, -0.25) is 4.99 Å². The summed E-state index contributed by atoms with van der Waals surface area (Å²) < 4.78 is 5.14. The third-order valence-electron chi connectivity index (χ3n) is 4.33. The highest BCUT2D eigenvalue weighted by atomic mass is 16.5. The van der Waals surface area contributed by atoms with E-state index in [0.717, 1.165) is 24.4 Å². The van der Waals surface area contributed by atoms with E-state index >= 15 is 0 Å². The maximum Gasteiger partial charge on any atom is 0.193 e. The minimum absolute atomic E-state index is 0.299. The van der Waals surface area contributed by atoms with E-state index in [2.05, 4.69) is 40.6 Å². The molecule has 1 saturated carbocycles. The van der Waals surface area contributed by atoms with Crippen molar-refractivity contribution < 1.29 is 4.74 Å². The van der Waals surface area contributed by atoms with Gasteiger partial charge in [-0.05, 0) is 54.5 Å². The van der Waals surface area contributed by atoms with Crippen LogP contribution >= 0.6 is 0 Å². The van der Waals surface area contributed by atoms with E-state index in [0.29, 0.717) is 11.4 Å². The Kier molecular flexibility index (Phi) is 4.51. The van der Waals surface area contributed by atoms with Gasteiger partial charge in [-0.1, -0.05) is 30.3 Å². The van der Waals surface area contributed by atoms with E-state index in [1.807, 2.05) is 24.3 Å². The first-order valence-corrected chi connectivity index (χ1v) is 7.94. The molecule has 2 aromatic carbocycles. The predicted molar refractivity (Wildman–Crippen MR) is 94.9 cm³/mol. The van der Waals surface area contributed by atoms with Gasteiger partial charge in [0.15, 0.2) is 5.96 Å². The fourth-order valence-electron chi connectivity index (χ4n) is 2.71. The molecule has 0 amide bonds. The van der Waals surface area contributed by atoms with E-state index in [-0.39, 0.29) is 0 Å². The zero-order valence-corrected chi connectivity index (χ0v) is 13.5. The lowest BCUT2D eigenvalue weighted by atomic mass is 9.97. The molecule has 4 heteroatoms. The molecule has 0 saturated heterocycles. The number of ether oxygens (including phenoxy) is 1. The van der Waals surface area contributed by atoms with Gasteiger partial charge in [0.1, 0.15) is 5.75 Å². The molecule has 23 heavy (non-hydrogen) atoms. The second kappa shape index (κ2) is 6.73. The predicted octanol–water partition coefficient (Wildman–Crippen LogP) is 3.44. The Morgan fingerprint density at radius 3 is 2.43 bits per heavy atom. The number of methoxy groups -OCH3 is 1. The molecule has 120 valence electrons. The van der Waals surface area contributed by atoms with E-state index in [1.54, 1.807) is 7.11 Å². The summed E-state index contributed by atoms with van der Waals surface area (Å²) in [5, 5.41) is 3.13. The van der Waals surface area contributed by atoms with Crippen molar-refractivity contribution in [3.63, 3.8) is 0 Å². The van der Waals surface area contributed by atoms with Gasteiger partial charge < -0.3 is 15.8 Å². The third-order valence-corrected chi connectivity index (χ3v) is 4.33. The number of anilines is 1. The minimum Gasteiger partial charge on any atom is -0.497 e. The van der Waals surface area contributed by atoms with Crippen molar-refractivity contribution in [2.45, 2.75) is 19.3 Å². The molecule has 0 spiro atoms. The van der Waals surface area contributed by atoms with E-state index < -0.39 is 0 Å². The molecule has 0 bridgehead atoms. The van der Waals surface area contributed by atoms with E-state index in [9.17, 15) is 0 Å². The lowest BCUT2D eigenvalue weighted by molar-refractivity contribution is 0.415. The summed E-state index contributed by atoms with van der Waals surface area (Å²) in [7, 11) is 1.65. The lowest BCUT2D eigenvalue weighted by Gasteiger charge is -2.13. The Hall–Kier alpha value is -2.49. The number of nitrogens with one attached hydrogen (secondary N) is 1. The molecule has 1 fully saturated rings. The molecule has 0 aliphatic heterocycles. The Labute approximate surface area is 137 Å². The Morgan fingerprint density at radius 1 is 1.13 bits per heavy atom. The molecule has 1 aliphatic rings. The summed E-state index contributed by atoms with van der Waals surface area (Å²) in [6.45, 7) is 0.775. The average Bonchev–Trinajstić information content (AvgIpc) is 3.35. The van der Waals surface area contributed by atoms with Crippen molar-refractivity contribution in [3.05, 3.63) is 60.2 Å². The highest BCUT2D eigenvalue weighted by molar-refractivity contribution is 5.92. The molecular formula is C19H23N3O. The van der Waals surface area contributed by atoms with Gasteiger partial charge >= 0.3 is 0 Å². The van der Waals surface area contributed by atoms with Crippen LogP contribution in [0.2, 0.25) is 0 Å². The van der Waals surface area contributed by atoms with Crippen molar-refractivity contribution in [1.29, 1.82) is 0 Å². The van der Waals surface area contributed by atoms with E-state index in [4.69, 9.17) is 10.5 Å². The molecule has 4 nitrogen and oxygen atoms in total. The van der Waals surface area contributed by atoms with E-state index in [1.165, 1.54) is 18.4 Å². The summed E-state index contributed by atoms with van der Waals surface area (Å²) in [5.41, 5.74) is 8.60. The van der Waals surface area contributed by atoms with Crippen molar-refractivity contribution in [2.24, 2.45) is 16.1 Å². The number of nitrogens with two attached hydrogens (primary N) is 1. The van der Waals surface area contributed by atoms with Gasteiger partial charge in [0.2, 0.25) is 0 Å². The number of aliphatic imine (C=N–C) groups is 1. The summed E-state index contributed by atoms with van der Waals surface area (Å²) in [5.74, 6) is 1.29. The fourth-order valence-corrected chi connectivity index (χ4v) is 2.71. The highest BCUT2D eigenvalue weighted by Crippen LogP contribution is 2.48. The Bertz CT molecular complexity index is 661. The minimum atomic E-state index is 0.299. The molecule has 2 aromatic rings. The number of guanidine groups is 1. The van der Waals surface area contributed by atoms with Crippen molar-refractivity contribution in [2.75, 3.05) is 19.0 Å². The molecular weight excluding hydrogens is 286 g/mol. The topological polar surface area (TPSA) is 59.6 Å². The summed E-state index contributed by atoms with van der Waals surface area (Å²) in [4.78, 5) is 4.54. The Balaban J connectivity index is 1.56. The maximum atomic E-state index is 6.01. The second-order valence-corrected chi connectivity index (χ2v) is 6.22. The van der Waals surface area contributed by atoms with Gasteiger partial charge in [0.25, 0.3) is 0 Å². The van der Waals surface area contributed by atoms with Crippen LogP contribution in [0.4, 0.5) is 5.69 Å². The number of hydrogen-bond acceptors (Lipinski definition) is 2. The van der Waals surface area contributed by atoms with Gasteiger partial charge in [-0.25, -0.2) is 0 Å². The molecule has 0 aromatic heterocycles. The first-order valence-electron chi connectivity index (χ1n) is 7.94. The number of hydrogen-bond donors (Lipinski definition) is 2. The summed E-state index contributed by atoms with van der Waals surface area (Å²) in [6.07, 6.45) is 3.52. The Morgan fingerprint density at radius 2 is 1.83 bits per heavy atom. The average molecular weight is 309 g/mol. The molecule has 0 heterocycles. The van der Waals surface area contributed by atoms with Crippen LogP contribution in [0, 0.1) is 5.41 Å². The largest absolute Gasteiger partial charge is 0.497 e. The third kappa shape index (κ3) is 4.25. The molecule has 0 atom stereocenters. The first-order chi connectivity index (χ1) is 11.2. The van der Waals surface area contributed by atoms with Crippen LogP contribution in [0.3, 0.4) is 0 Å². The number of rotatable bonds is 6. The van der Waals surface area contributed by atoms with Crippen LogP contribution in [0.5, 0.6) is 5.75 Å². The van der Waals surface area contributed by atoms with Gasteiger partial charge in [-0.15, -0.1) is 0 Å². The van der Waals surface area contributed by atoms with Crippen molar-refractivity contribution in [3.8, 4) is 5.75 Å². The van der Waals surface area contributed by atoms with Gasteiger partial charge in [0.05, 0.1) is 7.11 Å². The zero-order valence-electron chi connectivity index (χ0n) is 13.5. The van der Waals surface area contributed by atoms with Crippen molar-refractivity contribution in [1.82, 2.24) is 0 Å². The van der Waals surface area contributed by atoms with Crippen LogP contribution in [0.1, 0.15) is 18.4 Å². The van der Waals surface area contributed by atoms with Crippen LogP contribution in [0.15, 0.2) is 59.6 Å². The summed E-state index contributed by atoms with van der Waals surface area (Å²) in [6, 6.07) is 18.3. The second-order valence-electron chi connectivity index (χ2n) is 6.22. The normalized spacial score (nSPS) is 16.0. The van der Waals surface area contributed by atoms with Crippen LogP contribution < -0.4 is 15.8 Å². The van der Waals surface area contributed by atoms with Gasteiger partial charge in [-0.2, -0.15) is 0 Å². The molecule has 3 N–H and O–H groups in total. The highest BCUT2D eigenvalue weighted by Gasteiger charge is 2.42. The monoisotopic (exact) mass is 309 g/mol. The summed E-state index contributed by atoms with van der Waals surface area (Å²) >= 11 is 0. The number of benzene rings is 2. The molecule has 0 unspecified atom stereocenters. The van der Waals surface area contributed by atoms with Crippen LogP contribution in [-0.4, -0.2) is 19.6 Å². The van der Waals surface area contributed by atoms with Crippen LogP contribution in [0.25, 0.3) is 0 Å². The molecule has 3 rings (SSSR count).